The van der Waals surface area contributed by atoms with Crippen LogP contribution in [0.1, 0.15) is 28.4 Å². The Balaban J connectivity index is 2.39. The van der Waals surface area contributed by atoms with Crippen LogP contribution in [0.3, 0.4) is 0 Å². The van der Waals surface area contributed by atoms with Crippen LogP contribution in [0, 0.1) is 0 Å². The van der Waals surface area contributed by atoms with Crippen molar-refractivity contribution in [3.8, 4) is 0 Å². The highest BCUT2D eigenvalue weighted by atomic mass is 16.3. The number of benzene rings is 1. The Hall–Kier alpha value is -1.76. The molecule has 5 N–H and O–H groups in total. The standard InChI is InChI=1S/C12H14N2O4/c13-5-4-8(15)10(16)6-2-1-3-7-9(6)11(17)12(18)14-7/h1-3,8,10,15-16H,4-5,13H2,(H,14,17,18). The summed E-state index contributed by atoms with van der Waals surface area (Å²) in [6.45, 7) is 0.221. The van der Waals surface area contributed by atoms with Gasteiger partial charge >= 0.3 is 0 Å². The second kappa shape index (κ2) is 4.85. The van der Waals surface area contributed by atoms with Gasteiger partial charge in [-0.1, -0.05) is 12.1 Å². The molecular weight excluding hydrogens is 236 g/mol. The number of aliphatic hydroxyl groups excluding tert-OH is 2. The molecule has 2 rings (SSSR count). The number of ketones is 1. The predicted octanol–water partition coefficient (Wildman–Crippen LogP) is -0.436. The number of nitrogens with one attached hydrogen (secondary N) is 1. The van der Waals surface area contributed by atoms with E-state index in [9.17, 15) is 19.8 Å². The van der Waals surface area contributed by atoms with E-state index < -0.39 is 23.9 Å². The maximum atomic E-state index is 11.7. The molecule has 1 aromatic rings. The molecule has 0 saturated heterocycles. The van der Waals surface area contributed by atoms with Crippen molar-refractivity contribution in [3.63, 3.8) is 0 Å². The van der Waals surface area contributed by atoms with Crippen molar-refractivity contribution in [2.24, 2.45) is 5.73 Å². The molecule has 0 spiro atoms. The molecule has 0 radical (unpaired) electrons. The van der Waals surface area contributed by atoms with Crippen LogP contribution >= 0.6 is 0 Å². The third-order valence-corrected chi connectivity index (χ3v) is 2.92. The van der Waals surface area contributed by atoms with Crippen LogP contribution in [0.2, 0.25) is 0 Å². The third-order valence-electron chi connectivity index (χ3n) is 2.92. The van der Waals surface area contributed by atoms with Crippen molar-refractivity contribution in [1.82, 2.24) is 0 Å². The van der Waals surface area contributed by atoms with Crippen LogP contribution in [0.15, 0.2) is 18.2 Å². The first-order valence-corrected chi connectivity index (χ1v) is 5.61. The van der Waals surface area contributed by atoms with Gasteiger partial charge in [-0.05, 0) is 24.6 Å². The Morgan fingerprint density at radius 1 is 1.28 bits per heavy atom. The highest BCUT2D eigenvalue weighted by molar-refractivity contribution is 6.52. The number of Topliss-reactive ketones (excluding diaryl/α,β-unsaturated/α-hetero) is 1. The molecule has 0 aromatic heterocycles. The number of hydrogen-bond acceptors (Lipinski definition) is 5. The van der Waals surface area contributed by atoms with E-state index in [0.717, 1.165) is 0 Å². The molecule has 0 aliphatic carbocycles. The zero-order valence-corrected chi connectivity index (χ0v) is 9.59. The molecule has 6 nitrogen and oxygen atoms in total. The smallest absolute Gasteiger partial charge is 0.296 e. The van der Waals surface area contributed by atoms with Gasteiger partial charge in [0.25, 0.3) is 11.7 Å². The number of carbonyl (C=O) groups excluding carboxylic acids is 2. The van der Waals surface area contributed by atoms with Crippen LogP contribution < -0.4 is 11.1 Å². The lowest BCUT2D eigenvalue weighted by Crippen LogP contribution is -2.23. The fraction of sp³-hybridized carbons (Fsp3) is 0.333. The third kappa shape index (κ3) is 2.01. The number of fused-ring (bicyclic) bond motifs is 1. The lowest BCUT2D eigenvalue weighted by Gasteiger charge is -2.19. The van der Waals surface area contributed by atoms with Crippen molar-refractivity contribution in [1.29, 1.82) is 0 Å². The molecule has 96 valence electrons. The summed E-state index contributed by atoms with van der Waals surface area (Å²) in [5, 5.41) is 22.1. The SMILES string of the molecule is NCCC(O)C(O)c1cccc2c1C(=O)C(=O)N2. The highest BCUT2D eigenvalue weighted by Crippen LogP contribution is 2.31. The number of aliphatic hydroxyl groups is 2. The molecule has 6 heteroatoms. The molecule has 0 saturated carbocycles. The summed E-state index contributed by atoms with van der Waals surface area (Å²) in [7, 11) is 0. The van der Waals surface area contributed by atoms with Crippen molar-refractivity contribution in [2.45, 2.75) is 18.6 Å². The maximum absolute atomic E-state index is 11.7. The number of amides is 1. The van der Waals surface area contributed by atoms with Gasteiger partial charge < -0.3 is 21.3 Å². The zero-order chi connectivity index (χ0) is 13.3. The molecule has 1 aliphatic heterocycles. The molecule has 1 aliphatic rings. The minimum absolute atomic E-state index is 0.131. The van der Waals surface area contributed by atoms with Gasteiger partial charge in [-0.15, -0.1) is 0 Å². The monoisotopic (exact) mass is 250 g/mol. The molecule has 18 heavy (non-hydrogen) atoms. The number of anilines is 1. The van der Waals surface area contributed by atoms with E-state index in [0.29, 0.717) is 5.69 Å². The maximum Gasteiger partial charge on any atom is 0.296 e. The summed E-state index contributed by atoms with van der Waals surface area (Å²) in [5.74, 6) is -1.42. The van der Waals surface area contributed by atoms with Gasteiger partial charge in [0.05, 0.1) is 17.4 Å². The van der Waals surface area contributed by atoms with E-state index in [-0.39, 0.29) is 24.1 Å². The first-order valence-electron chi connectivity index (χ1n) is 5.61. The Bertz CT molecular complexity index is 501. The Morgan fingerprint density at radius 2 is 2.00 bits per heavy atom. The molecule has 2 atom stereocenters. The average Bonchev–Trinajstić information content (AvgIpc) is 2.64. The molecule has 1 aromatic carbocycles. The number of rotatable bonds is 4. The van der Waals surface area contributed by atoms with Crippen molar-refractivity contribution >= 4 is 17.4 Å². The van der Waals surface area contributed by atoms with E-state index >= 15 is 0 Å². The van der Waals surface area contributed by atoms with Crippen LogP contribution in [0.25, 0.3) is 0 Å². The average molecular weight is 250 g/mol. The normalized spacial score (nSPS) is 17.3. The van der Waals surface area contributed by atoms with E-state index in [1.54, 1.807) is 12.1 Å². The van der Waals surface area contributed by atoms with E-state index in [2.05, 4.69) is 5.32 Å². The van der Waals surface area contributed by atoms with Gasteiger partial charge in [-0.3, -0.25) is 9.59 Å². The van der Waals surface area contributed by atoms with Crippen LogP contribution in [0.4, 0.5) is 5.69 Å². The second-order valence-corrected chi connectivity index (χ2v) is 4.14. The van der Waals surface area contributed by atoms with Gasteiger partial charge in [0.15, 0.2) is 0 Å². The van der Waals surface area contributed by atoms with Gasteiger partial charge in [-0.2, -0.15) is 0 Å². The topological polar surface area (TPSA) is 113 Å². The second-order valence-electron chi connectivity index (χ2n) is 4.14. The largest absolute Gasteiger partial charge is 0.390 e. The minimum Gasteiger partial charge on any atom is -0.390 e. The minimum atomic E-state index is -1.24. The first kappa shape index (κ1) is 12.7. The quantitative estimate of drug-likeness (QED) is 0.541. The molecule has 2 unspecified atom stereocenters. The van der Waals surface area contributed by atoms with Crippen molar-refractivity contribution < 1.29 is 19.8 Å². The van der Waals surface area contributed by atoms with Crippen molar-refractivity contribution in [2.75, 3.05) is 11.9 Å². The summed E-state index contributed by atoms with van der Waals surface area (Å²) in [5.41, 5.74) is 6.04. The predicted molar refractivity (Wildman–Crippen MR) is 64.0 cm³/mol. The van der Waals surface area contributed by atoms with Gasteiger partial charge in [0, 0.05) is 0 Å². The molecule has 1 amide bonds. The summed E-state index contributed by atoms with van der Waals surface area (Å²) >= 11 is 0. The number of hydrogen-bond donors (Lipinski definition) is 4. The van der Waals surface area contributed by atoms with Crippen molar-refractivity contribution in [3.05, 3.63) is 29.3 Å². The van der Waals surface area contributed by atoms with Crippen LogP contribution in [-0.2, 0) is 4.79 Å². The lowest BCUT2D eigenvalue weighted by atomic mass is 9.95. The molecule has 0 fully saturated rings. The molecule has 1 heterocycles. The lowest BCUT2D eigenvalue weighted by molar-refractivity contribution is -0.112. The number of carbonyl (C=O) groups is 2. The Kier molecular flexibility index (Phi) is 3.42. The molecule has 0 bridgehead atoms. The van der Waals surface area contributed by atoms with Crippen LogP contribution in [-0.4, -0.2) is 34.6 Å². The summed E-state index contributed by atoms with van der Waals surface area (Å²) in [6, 6.07) is 4.69. The van der Waals surface area contributed by atoms with E-state index in [1.807, 2.05) is 0 Å². The first-order chi connectivity index (χ1) is 8.56. The van der Waals surface area contributed by atoms with E-state index in [1.165, 1.54) is 6.07 Å². The number of nitrogens with two attached hydrogens (primary N) is 1. The van der Waals surface area contributed by atoms with E-state index in [4.69, 9.17) is 5.73 Å². The van der Waals surface area contributed by atoms with Crippen LogP contribution in [0.5, 0.6) is 0 Å². The fourth-order valence-electron chi connectivity index (χ4n) is 2.00. The summed E-state index contributed by atoms with van der Waals surface area (Å²) in [4.78, 5) is 22.9. The summed E-state index contributed by atoms with van der Waals surface area (Å²) < 4.78 is 0. The van der Waals surface area contributed by atoms with Gasteiger partial charge in [-0.25, -0.2) is 0 Å². The Morgan fingerprint density at radius 3 is 2.67 bits per heavy atom. The fourth-order valence-corrected chi connectivity index (χ4v) is 2.00. The van der Waals surface area contributed by atoms with Gasteiger partial charge in [0.1, 0.15) is 6.10 Å². The summed E-state index contributed by atoms with van der Waals surface area (Å²) in [6.07, 6.45) is -2.09. The molecular formula is C12H14N2O4. The highest BCUT2D eigenvalue weighted by Gasteiger charge is 2.33. The van der Waals surface area contributed by atoms with Gasteiger partial charge in [0.2, 0.25) is 0 Å². The Labute approximate surface area is 103 Å². The zero-order valence-electron chi connectivity index (χ0n) is 9.59.